The first kappa shape index (κ1) is 10.5. The van der Waals surface area contributed by atoms with Gasteiger partial charge in [-0.2, -0.15) is 0 Å². The molecule has 3 rings (SSSR count). The Labute approximate surface area is 97.9 Å². The number of esters is 1. The van der Waals surface area contributed by atoms with E-state index in [0.717, 1.165) is 0 Å². The van der Waals surface area contributed by atoms with Gasteiger partial charge in [-0.15, -0.1) is 11.6 Å². The van der Waals surface area contributed by atoms with Crippen LogP contribution in [0.15, 0.2) is 0 Å². The van der Waals surface area contributed by atoms with Gasteiger partial charge < -0.3 is 9.84 Å². The van der Waals surface area contributed by atoms with Gasteiger partial charge in [0.05, 0.1) is 5.88 Å². The predicted molar refractivity (Wildman–Crippen MR) is 54.8 cm³/mol. The van der Waals surface area contributed by atoms with Gasteiger partial charge in [0.15, 0.2) is 5.78 Å². The van der Waals surface area contributed by atoms with E-state index in [1.807, 2.05) is 0 Å². The van der Waals surface area contributed by atoms with Crippen molar-refractivity contribution in [1.29, 1.82) is 0 Å². The number of halogens is 1. The molecule has 3 aliphatic carbocycles. The molecule has 0 amide bonds. The van der Waals surface area contributed by atoms with Crippen molar-refractivity contribution >= 4 is 23.4 Å². The van der Waals surface area contributed by atoms with Crippen LogP contribution < -0.4 is 0 Å². The Bertz CT molecular complexity index is 382. The summed E-state index contributed by atoms with van der Waals surface area (Å²) >= 11 is 5.70. The summed E-state index contributed by atoms with van der Waals surface area (Å²) in [6, 6.07) is 0. The standard InChI is InChI=1S/C11H13ClO4/c1-4(13)16-6-2-5-7-8(6)9(7)10(14)11(5,15)3-12/h5-9,15H,2-3H2,1H3/t5-,6-,7-,8?,9?,11-/m0/s1. The lowest BCUT2D eigenvalue weighted by atomic mass is 9.88. The van der Waals surface area contributed by atoms with Crippen molar-refractivity contribution in [3.63, 3.8) is 0 Å². The Morgan fingerprint density at radius 1 is 1.62 bits per heavy atom. The summed E-state index contributed by atoms with van der Waals surface area (Å²) in [5.41, 5.74) is -1.37. The minimum absolute atomic E-state index is 0.0526. The van der Waals surface area contributed by atoms with E-state index < -0.39 is 5.60 Å². The topological polar surface area (TPSA) is 63.6 Å². The number of ketones is 1. The highest BCUT2D eigenvalue weighted by Gasteiger charge is 2.78. The number of fused-ring (bicyclic) bond motifs is 1. The molecule has 0 spiro atoms. The van der Waals surface area contributed by atoms with Crippen LogP contribution in [0.25, 0.3) is 0 Å². The molecule has 3 aliphatic rings. The summed E-state index contributed by atoms with van der Waals surface area (Å²) in [5.74, 6) is -0.409. The Kier molecular flexibility index (Phi) is 1.97. The Morgan fingerprint density at radius 3 is 2.81 bits per heavy atom. The number of hydrogen-bond donors (Lipinski definition) is 1. The van der Waals surface area contributed by atoms with Gasteiger partial charge in [0.1, 0.15) is 11.7 Å². The lowest BCUT2D eigenvalue weighted by molar-refractivity contribution is -0.147. The van der Waals surface area contributed by atoms with E-state index in [2.05, 4.69) is 0 Å². The highest BCUT2D eigenvalue weighted by atomic mass is 35.5. The SMILES string of the molecule is CC(=O)O[C@H]1C[C@H]2[C@@H]3C(C(=O)[C@]2(O)CCl)C31. The molecule has 0 aromatic carbocycles. The van der Waals surface area contributed by atoms with Crippen LogP contribution in [0.5, 0.6) is 0 Å². The van der Waals surface area contributed by atoms with Gasteiger partial charge in [0, 0.05) is 24.7 Å². The van der Waals surface area contributed by atoms with Crippen LogP contribution in [0.3, 0.4) is 0 Å². The van der Waals surface area contributed by atoms with Crippen molar-refractivity contribution in [3.05, 3.63) is 0 Å². The van der Waals surface area contributed by atoms with Crippen LogP contribution in [0, 0.1) is 23.7 Å². The lowest BCUT2D eigenvalue weighted by Crippen LogP contribution is -2.44. The van der Waals surface area contributed by atoms with Crippen LogP contribution in [-0.2, 0) is 14.3 Å². The van der Waals surface area contributed by atoms with E-state index >= 15 is 0 Å². The maximum Gasteiger partial charge on any atom is 0.302 e. The quantitative estimate of drug-likeness (QED) is 0.563. The number of alkyl halides is 1. The molecule has 4 nitrogen and oxygen atoms in total. The Balaban J connectivity index is 1.84. The molecule has 0 aromatic heterocycles. The van der Waals surface area contributed by atoms with Gasteiger partial charge in [0.25, 0.3) is 0 Å². The fourth-order valence-electron chi connectivity index (χ4n) is 3.76. The molecule has 6 atom stereocenters. The van der Waals surface area contributed by atoms with Gasteiger partial charge in [-0.05, 0) is 12.3 Å². The van der Waals surface area contributed by atoms with Gasteiger partial charge in [-0.3, -0.25) is 9.59 Å². The average Bonchev–Trinajstić information content (AvgIpc) is 2.81. The minimum Gasteiger partial charge on any atom is -0.462 e. The summed E-state index contributed by atoms with van der Waals surface area (Å²) in [4.78, 5) is 22.8. The van der Waals surface area contributed by atoms with Crippen molar-refractivity contribution in [2.24, 2.45) is 23.7 Å². The third-order valence-corrected chi connectivity index (χ3v) is 4.78. The van der Waals surface area contributed by atoms with Gasteiger partial charge in [0.2, 0.25) is 0 Å². The predicted octanol–water partition coefficient (Wildman–Crippen LogP) is 0.353. The van der Waals surface area contributed by atoms with Crippen molar-refractivity contribution in [1.82, 2.24) is 0 Å². The second-order valence-electron chi connectivity index (χ2n) is 5.09. The zero-order valence-electron chi connectivity index (χ0n) is 8.85. The molecular weight excluding hydrogens is 232 g/mol. The maximum absolute atomic E-state index is 11.9. The Hall–Kier alpha value is -0.610. The van der Waals surface area contributed by atoms with E-state index in [4.69, 9.17) is 16.3 Å². The number of rotatable bonds is 2. The van der Waals surface area contributed by atoms with Crippen molar-refractivity contribution < 1.29 is 19.4 Å². The second-order valence-corrected chi connectivity index (χ2v) is 5.36. The molecule has 88 valence electrons. The summed E-state index contributed by atoms with van der Waals surface area (Å²) in [7, 11) is 0. The Morgan fingerprint density at radius 2 is 2.31 bits per heavy atom. The van der Waals surface area contributed by atoms with E-state index in [-0.39, 0.29) is 47.4 Å². The van der Waals surface area contributed by atoms with Crippen LogP contribution in [0.2, 0.25) is 0 Å². The number of aliphatic hydroxyl groups is 1. The fraction of sp³-hybridized carbons (Fsp3) is 0.818. The molecule has 0 bridgehead atoms. The highest BCUT2D eigenvalue weighted by molar-refractivity contribution is 6.21. The highest BCUT2D eigenvalue weighted by Crippen LogP contribution is 2.70. The molecule has 5 heteroatoms. The van der Waals surface area contributed by atoms with E-state index in [0.29, 0.717) is 6.42 Å². The molecule has 3 saturated carbocycles. The molecule has 1 N–H and O–H groups in total. The van der Waals surface area contributed by atoms with Gasteiger partial charge >= 0.3 is 5.97 Å². The van der Waals surface area contributed by atoms with Crippen LogP contribution >= 0.6 is 11.6 Å². The third-order valence-electron chi connectivity index (χ3n) is 4.38. The van der Waals surface area contributed by atoms with Crippen LogP contribution in [0.4, 0.5) is 0 Å². The van der Waals surface area contributed by atoms with E-state index in [1.54, 1.807) is 0 Å². The molecule has 0 heterocycles. The van der Waals surface area contributed by atoms with Crippen molar-refractivity contribution in [2.75, 3.05) is 5.88 Å². The summed E-state index contributed by atoms with van der Waals surface area (Å²) < 4.78 is 5.19. The summed E-state index contributed by atoms with van der Waals surface area (Å²) in [5, 5.41) is 10.2. The normalized spacial score (nSPS) is 52.7. The first-order chi connectivity index (χ1) is 7.50. The van der Waals surface area contributed by atoms with Gasteiger partial charge in [-0.25, -0.2) is 0 Å². The van der Waals surface area contributed by atoms with Crippen LogP contribution in [-0.4, -0.2) is 34.4 Å². The number of carbonyl (C=O) groups is 2. The lowest BCUT2D eigenvalue weighted by Gasteiger charge is -2.25. The third kappa shape index (κ3) is 1.04. The number of hydrogen-bond acceptors (Lipinski definition) is 4. The fourth-order valence-corrected chi connectivity index (χ4v) is 4.09. The molecule has 3 fully saturated rings. The summed E-state index contributed by atoms with van der Waals surface area (Å²) in [6.07, 6.45) is 0.374. The number of carbonyl (C=O) groups excluding carboxylic acids is 2. The largest absolute Gasteiger partial charge is 0.462 e. The molecule has 16 heavy (non-hydrogen) atoms. The van der Waals surface area contributed by atoms with Crippen LogP contribution in [0.1, 0.15) is 13.3 Å². The van der Waals surface area contributed by atoms with E-state index in [9.17, 15) is 14.7 Å². The van der Waals surface area contributed by atoms with Gasteiger partial charge in [-0.1, -0.05) is 0 Å². The number of ether oxygens (including phenoxy) is 1. The number of Topliss-reactive ketones (excluding diaryl/α,β-unsaturated/α-hetero) is 1. The molecule has 0 saturated heterocycles. The first-order valence-electron chi connectivity index (χ1n) is 5.50. The van der Waals surface area contributed by atoms with Crippen molar-refractivity contribution in [3.8, 4) is 0 Å². The molecule has 0 aliphatic heterocycles. The first-order valence-corrected chi connectivity index (χ1v) is 6.04. The molecule has 0 aromatic rings. The molecule has 2 unspecified atom stereocenters. The average molecular weight is 245 g/mol. The maximum atomic E-state index is 11.9. The molecule has 0 radical (unpaired) electrons. The monoisotopic (exact) mass is 244 g/mol. The van der Waals surface area contributed by atoms with E-state index in [1.165, 1.54) is 6.92 Å². The zero-order chi connectivity index (χ0) is 11.7. The zero-order valence-corrected chi connectivity index (χ0v) is 9.61. The van der Waals surface area contributed by atoms with Crippen molar-refractivity contribution in [2.45, 2.75) is 25.0 Å². The smallest absolute Gasteiger partial charge is 0.302 e. The minimum atomic E-state index is -1.37. The second kappa shape index (κ2) is 2.99. The molecular formula is C11H13ClO4. The summed E-state index contributed by atoms with van der Waals surface area (Å²) in [6.45, 7) is 1.37.